The van der Waals surface area contributed by atoms with Gasteiger partial charge in [0.05, 0.1) is 33.8 Å². The van der Waals surface area contributed by atoms with Gasteiger partial charge in [-0.1, -0.05) is 13.3 Å². The van der Waals surface area contributed by atoms with Crippen LogP contribution in [0, 0.1) is 0 Å². The smallest absolute Gasteiger partial charge is 0.339 e. The molecule has 0 atom stereocenters. The lowest BCUT2D eigenvalue weighted by Gasteiger charge is -2.14. The lowest BCUT2D eigenvalue weighted by atomic mass is 10.1. The van der Waals surface area contributed by atoms with E-state index in [1.165, 1.54) is 13.2 Å². The van der Waals surface area contributed by atoms with Gasteiger partial charge in [0, 0.05) is 0 Å². The summed E-state index contributed by atoms with van der Waals surface area (Å²) in [7, 11) is 1.23. The molecule has 0 spiro atoms. The first-order valence-corrected chi connectivity index (χ1v) is 7.83. The summed E-state index contributed by atoms with van der Waals surface area (Å²) in [6.07, 6.45) is 1.86. The van der Waals surface area contributed by atoms with E-state index < -0.39 is 11.2 Å². The van der Waals surface area contributed by atoms with Crippen molar-refractivity contribution in [3.05, 3.63) is 26.1 Å². The minimum atomic E-state index is -0.744. The van der Waals surface area contributed by atoms with Crippen LogP contribution in [-0.4, -0.2) is 24.9 Å². The maximum atomic E-state index is 11.8. The summed E-state index contributed by atoms with van der Waals surface area (Å²) in [6.45, 7) is 2.55. The lowest BCUT2D eigenvalue weighted by molar-refractivity contribution is 0.0596. The van der Waals surface area contributed by atoms with E-state index in [1.807, 2.05) is 6.92 Å². The Morgan fingerprint density at radius 2 is 2.00 bits per heavy atom. The van der Waals surface area contributed by atoms with Crippen molar-refractivity contribution in [2.45, 2.75) is 19.8 Å². The van der Waals surface area contributed by atoms with Gasteiger partial charge in [-0.05, 0) is 55.9 Å². The molecular weight excluding hydrogens is 415 g/mol. The van der Waals surface area contributed by atoms with Crippen LogP contribution in [0.2, 0.25) is 0 Å². The zero-order valence-electron chi connectivity index (χ0n) is 11.0. The number of halogens is 3. The Labute approximate surface area is 139 Å². The number of esters is 1. The van der Waals surface area contributed by atoms with Crippen molar-refractivity contribution in [2.75, 3.05) is 13.7 Å². The van der Waals surface area contributed by atoms with Crippen LogP contribution < -0.4 is 4.74 Å². The minimum absolute atomic E-state index is 0.0557. The summed E-state index contributed by atoms with van der Waals surface area (Å²) in [5, 5.41) is -0.744. The van der Waals surface area contributed by atoms with Crippen molar-refractivity contribution in [3.63, 3.8) is 0 Å². The van der Waals surface area contributed by atoms with Crippen molar-refractivity contribution in [1.29, 1.82) is 0 Å². The first kappa shape index (κ1) is 17.5. The maximum Gasteiger partial charge on any atom is 0.339 e. The number of hydrogen-bond donors (Lipinski definition) is 0. The van der Waals surface area contributed by atoms with Crippen LogP contribution in [0.25, 0.3) is 0 Å². The first-order chi connectivity index (χ1) is 9.43. The molecule has 4 nitrogen and oxygen atoms in total. The number of unbranched alkanes of at least 4 members (excludes halogenated alkanes) is 1. The van der Waals surface area contributed by atoms with Crippen LogP contribution in [0.4, 0.5) is 0 Å². The predicted octanol–water partition coefficient (Wildman–Crippen LogP) is 4.56. The van der Waals surface area contributed by atoms with Gasteiger partial charge in [-0.3, -0.25) is 4.79 Å². The van der Waals surface area contributed by atoms with Crippen LogP contribution in [0.3, 0.4) is 0 Å². The van der Waals surface area contributed by atoms with Gasteiger partial charge in [-0.25, -0.2) is 4.79 Å². The summed E-state index contributed by atoms with van der Waals surface area (Å²) in [4.78, 5) is 23.3. The molecule has 0 unspecified atom stereocenters. The molecule has 0 bridgehead atoms. The second kappa shape index (κ2) is 8.00. The highest BCUT2D eigenvalue weighted by Gasteiger charge is 2.25. The molecular formula is C13H13Br2ClO4. The van der Waals surface area contributed by atoms with E-state index in [0.29, 0.717) is 21.3 Å². The zero-order chi connectivity index (χ0) is 15.3. The molecule has 0 heterocycles. The van der Waals surface area contributed by atoms with E-state index in [4.69, 9.17) is 16.3 Å². The second-order valence-electron chi connectivity index (χ2n) is 3.89. The first-order valence-electron chi connectivity index (χ1n) is 5.86. The molecule has 1 aromatic rings. The molecule has 0 amide bonds. The predicted molar refractivity (Wildman–Crippen MR) is 83.8 cm³/mol. The Balaban J connectivity index is 3.34. The van der Waals surface area contributed by atoms with Crippen molar-refractivity contribution < 1.29 is 19.1 Å². The van der Waals surface area contributed by atoms with E-state index in [1.54, 1.807) is 0 Å². The van der Waals surface area contributed by atoms with E-state index in [2.05, 4.69) is 36.6 Å². The largest absolute Gasteiger partial charge is 0.491 e. The molecule has 110 valence electrons. The summed E-state index contributed by atoms with van der Waals surface area (Å²) in [5.41, 5.74) is 0.113. The Bertz CT molecular complexity index is 532. The van der Waals surface area contributed by atoms with Crippen LogP contribution in [-0.2, 0) is 4.74 Å². The average Bonchev–Trinajstić information content (AvgIpc) is 2.41. The Kier molecular flexibility index (Phi) is 6.99. The molecule has 0 aliphatic rings. The molecule has 1 aromatic carbocycles. The van der Waals surface area contributed by atoms with Gasteiger partial charge in [0.2, 0.25) is 0 Å². The number of methoxy groups -OCH3 is 1. The highest BCUT2D eigenvalue weighted by Crippen LogP contribution is 2.39. The average molecular weight is 429 g/mol. The molecule has 0 aliphatic heterocycles. The summed E-state index contributed by atoms with van der Waals surface area (Å²) in [5.74, 6) is -0.214. The third-order valence-corrected chi connectivity index (χ3v) is 4.07. The fourth-order valence-corrected chi connectivity index (χ4v) is 3.17. The standard InChI is InChI=1S/C13H13Br2ClO4/c1-3-4-5-20-11-8(14)6-7(12(16)17)9(10(11)15)13(18)19-2/h6H,3-5H2,1-2H3. The lowest BCUT2D eigenvalue weighted by Crippen LogP contribution is -2.11. The minimum Gasteiger partial charge on any atom is -0.491 e. The van der Waals surface area contributed by atoms with Crippen LogP contribution in [0.5, 0.6) is 5.75 Å². The highest BCUT2D eigenvalue weighted by atomic mass is 79.9. The number of hydrogen-bond acceptors (Lipinski definition) is 4. The van der Waals surface area contributed by atoms with E-state index in [-0.39, 0.29) is 11.1 Å². The van der Waals surface area contributed by atoms with Gasteiger partial charge < -0.3 is 9.47 Å². The summed E-state index contributed by atoms with van der Waals surface area (Å²) in [6, 6.07) is 1.45. The van der Waals surface area contributed by atoms with Crippen LogP contribution in [0.1, 0.15) is 40.5 Å². The van der Waals surface area contributed by atoms with E-state index in [0.717, 1.165) is 12.8 Å². The normalized spacial score (nSPS) is 10.2. The molecule has 0 saturated carbocycles. The number of rotatable bonds is 6. The molecule has 0 aliphatic carbocycles. The fourth-order valence-electron chi connectivity index (χ4n) is 1.51. The maximum absolute atomic E-state index is 11.8. The number of carbonyl (C=O) groups is 2. The van der Waals surface area contributed by atoms with E-state index in [9.17, 15) is 9.59 Å². The Hall–Kier alpha value is -0.590. The Morgan fingerprint density at radius 3 is 2.50 bits per heavy atom. The summed E-state index contributed by atoms with van der Waals surface area (Å²) < 4.78 is 11.2. The quantitative estimate of drug-likeness (QED) is 0.379. The second-order valence-corrected chi connectivity index (χ2v) is 5.88. The van der Waals surface area contributed by atoms with Crippen molar-refractivity contribution in [2.24, 2.45) is 0 Å². The molecule has 0 radical (unpaired) electrons. The van der Waals surface area contributed by atoms with Crippen molar-refractivity contribution in [3.8, 4) is 5.75 Å². The molecule has 0 N–H and O–H groups in total. The molecule has 0 fully saturated rings. The number of benzene rings is 1. The fraction of sp³-hybridized carbons (Fsp3) is 0.385. The van der Waals surface area contributed by atoms with Crippen molar-refractivity contribution in [1.82, 2.24) is 0 Å². The zero-order valence-corrected chi connectivity index (χ0v) is 14.9. The van der Waals surface area contributed by atoms with Crippen molar-refractivity contribution >= 4 is 54.7 Å². The molecule has 1 rings (SSSR count). The molecule has 0 saturated heterocycles. The van der Waals surface area contributed by atoms with Crippen LogP contribution in [0.15, 0.2) is 15.0 Å². The molecule has 20 heavy (non-hydrogen) atoms. The van der Waals surface area contributed by atoms with Gasteiger partial charge in [-0.2, -0.15) is 0 Å². The summed E-state index contributed by atoms with van der Waals surface area (Å²) >= 11 is 12.1. The number of carbonyl (C=O) groups excluding carboxylic acids is 2. The van der Waals surface area contributed by atoms with E-state index >= 15 is 0 Å². The monoisotopic (exact) mass is 426 g/mol. The molecule has 7 heteroatoms. The van der Waals surface area contributed by atoms with Crippen LogP contribution >= 0.6 is 43.5 Å². The highest BCUT2D eigenvalue weighted by molar-refractivity contribution is 9.11. The van der Waals surface area contributed by atoms with Gasteiger partial charge in [0.25, 0.3) is 5.24 Å². The number of ether oxygens (including phenoxy) is 2. The topological polar surface area (TPSA) is 52.6 Å². The van der Waals surface area contributed by atoms with Gasteiger partial charge in [0.1, 0.15) is 5.75 Å². The third-order valence-electron chi connectivity index (χ3n) is 2.52. The molecule has 0 aromatic heterocycles. The Morgan fingerprint density at radius 1 is 1.35 bits per heavy atom. The van der Waals surface area contributed by atoms with Gasteiger partial charge in [-0.15, -0.1) is 0 Å². The SMILES string of the molecule is CCCCOc1c(Br)cc(C(=O)Cl)c(C(=O)OC)c1Br. The third kappa shape index (κ3) is 3.96. The van der Waals surface area contributed by atoms with Gasteiger partial charge in [0.15, 0.2) is 0 Å². The van der Waals surface area contributed by atoms with Gasteiger partial charge >= 0.3 is 5.97 Å².